The molecule has 0 spiro atoms. The Balaban J connectivity index is 0.00000320. The third-order valence-electron chi connectivity index (χ3n) is 3.85. The number of nitrogens with one attached hydrogen (secondary N) is 1. The predicted molar refractivity (Wildman–Crippen MR) is 98.0 cm³/mol. The van der Waals surface area contributed by atoms with E-state index in [0.29, 0.717) is 5.69 Å². The van der Waals surface area contributed by atoms with Gasteiger partial charge in [0.05, 0.1) is 27.3 Å². The molecule has 3 aromatic rings. The van der Waals surface area contributed by atoms with Crippen molar-refractivity contribution < 1.29 is 52.6 Å². The normalized spacial score (nSPS) is 11.4. The zero-order valence-electron chi connectivity index (χ0n) is 15.6. The summed E-state index contributed by atoms with van der Waals surface area (Å²) < 4.78 is 34.1. The first-order valence-corrected chi connectivity index (χ1v) is 9.26. The van der Waals surface area contributed by atoms with Gasteiger partial charge in [-0.1, -0.05) is 0 Å². The Morgan fingerprint density at radius 3 is 2.30 bits per heavy atom. The number of non-ortho nitro benzene ring substituents is 1. The number of rotatable bonds is 5. The van der Waals surface area contributed by atoms with E-state index in [9.17, 15) is 33.0 Å². The minimum Gasteiger partial charge on any atom is -0.744 e. The molecule has 2 N–H and O–H groups in total. The summed E-state index contributed by atoms with van der Waals surface area (Å²) in [5, 5.41) is 30.8. The van der Waals surface area contributed by atoms with E-state index in [4.69, 9.17) is 0 Å². The number of hydrogen-bond donors (Lipinski definition) is 2. The number of aryl methyl sites for hydroxylation is 1. The van der Waals surface area contributed by atoms with Crippen LogP contribution in [0.1, 0.15) is 5.69 Å². The number of nitrogens with zero attached hydrogens (tertiary/aromatic N) is 4. The molecule has 0 amide bonds. The standard InChI is InChI=1S/C16H13N5O7S.Na/c1-9-15(18-17-13-7-4-11(21(24)25)8-14(13)22)16(23)20(19-9)10-2-5-12(6-3-10)29(26,27)28;/h2-8,19,22H,1H3,(H,26,27,28);/q;+1/p-1. The van der Waals surface area contributed by atoms with Gasteiger partial charge in [-0.25, -0.2) is 13.1 Å². The van der Waals surface area contributed by atoms with Gasteiger partial charge in [-0.05, 0) is 37.3 Å². The number of H-pyrrole nitrogens is 1. The van der Waals surface area contributed by atoms with Crippen LogP contribution >= 0.6 is 0 Å². The Bertz CT molecular complexity index is 1300. The van der Waals surface area contributed by atoms with Crippen LogP contribution in [-0.4, -0.2) is 32.8 Å². The van der Waals surface area contributed by atoms with Crippen molar-refractivity contribution in [1.82, 2.24) is 9.78 Å². The zero-order chi connectivity index (χ0) is 21.3. The van der Waals surface area contributed by atoms with Crippen LogP contribution in [-0.2, 0) is 10.1 Å². The van der Waals surface area contributed by atoms with Crippen LogP contribution in [0.3, 0.4) is 0 Å². The van der Waals surface area contributed by atoms with Gasteiger partial charge < -0.3 is 9.66 Å². The number of aromatic amines is 1. The smallest absolute Gasteiger partial charge is 0.744 e. The molecule has 0 unspecified atom stereocenters. The second-order valence-electron chi connectivity index (χ2n) is 5.80. The van der Waals surface area contributed by atoms with Crippen molar-refractivity contribution in [3.63, 3.8) is 0 Å². The van der Waals surface area contributed by atoms with Crippen molar-refractivity contribution in [1.29, 1.82) is 0 Å². The Morgan fingerprint density at radius 2 is 1.77 bits per heavy atom. The van der Waals surface area contributed by atoms with Crippen LogP contribution in [0.4, 0.5) is 17.1 Å². The number of azo groups is 1. The van der Waals surface area contributed by atoms with Crippen LogP contribution in [0.15, 0.2) is 62.4 Å². The molecular weight excluding hydrogens is 429 g/mol. The van der Waals surface area contributed by atoms with E-state index in [0.717, 1.165) is 28.9 Å². The zero-order valence-corrected chi connectivity index (χ0v) is 18.5. The number of aromatic hydroxyl groups is 1. The quantitative estimate of drug-likeness (QED) is 0.174. The van der Waals surface area contributed by atoms with Crippen molar-refractivity contribution in [2.45, 2.75) is 11.8 Å². The maximum Gasteiger partial charge on any atom is 1.00 e. The monoisotopic (exact) mass is 441 g/mol. The summed E-state index contributed by atoms with van der Waals surface area (Å²) in [6.07, 6.45) is 0. The second-order valence-corrected chi connectivity index (χ2v) is 7.18. The van der Waals surface area contributed by atoms with Crippen LogP contribution in [0.5, 0.6) is 5.75 Å². The summed E-state index contributed by atoms with van der Waals surface area (Å²) in [7, 11) is -4.61. The molecule has 0 saturated heterocycles. The fraction of sp³-hybridized carbons (Fsp3) is 0.0625. The third-order valence-corrected chi connectivity index (χ3v) is 4.70. The molecule has 150 valence electrons. The molecule has 0 saturated carbocycles. The van der Waals surface area contributed by atoms with Crippen molar-refractivity contribution in [2.24, 2.45) is 10.2 Å². The van der Waals surface area contributed by atoms with Crippen molar-refractivity contribution in [2.75, 3.05) is 0 Å². The molecule has 2 aromatic carbocycles. The van der Waals surface area contributed by atoms with E-state index in [1.807, 2.05) is 0 Å². The number of benzene rings is 2. The molecular formula is C16H12N5NaO7S. The molecule has 0 aliphatic heterocycles. The van der Waals surface area contributed by atoms with E-state index < -0.39 is 31.2 Å². The molecule has 12 nitrogen and oxygen atoms in total. The first-order chi connectivity index (χ1) is 13.6. The summed E-state index contributed by atoms with van der Waals surface area (Å²) in [5.41, 5.74) is -0.545. The molecule has 0 aliphatic carbocycles. The predicted octanol–water partition coefficient (Wildman–Crippen LogP) is -0.589. The van der Waals surface area contributed by atoms with Gasteiger partial charge in [-0.15, -0.1) is 10.2 Å². The second kappa shape index (κ2) is 8.89. The molecule has 0 atom stereocenters. The molecule has 14 heteroatoms. The molecule has 0 fully saturated rings. The van der Waals surface area contributed by atoms with Gasteiger partial charge in [0.1, 0.15) is 21.6 Å². The van der Waals surface area contributed by atoms with Crippen molar-refractivity contribution in [3.8, 4) is 11.4 Å². The maximum absolute atomic E-state index is 12.6. The number of nitro groups is 1. The topological polar surface area (TPSA) is 183 Å². The number of nitro benzene ring substituents is 1. The molecule has 0 aliphatic rings. The Labute approximate surface area is 191 Å². The minimum absolute atomic E-state index is 0. The van der Waals surface area contributed by atoms with Crippen molar-refractivity contribution >= 4 is 27.2 Å². The number of aromatic nitrogens is 2. The van der Waals surface area contributed by atoms with E-state index >= 15 is 0 Å². The number of hydrogen-bond acceptors (Lipinski definition) is 9. The van der Waals surface area contributed by atoms with Gasteiger partial charge in [-0.2, -0.15) is 0 Å². The fourth-order valence-electron chi connectivity index (χ4n) is 2.41. The molecule has 30 heavy (non-hydrogen) atoms. The largest absolute Gasteiger partial charge is 1.00 e. The first-order valence-electron chi connectivity index (χ1n) is 7.85. The molecule has 1 heterocycles. The van der Waals surface area contributed by atoms with Gasteiger partial charge in [-0.3, -0.25) is 20.0 Å². The summed E-state index contributed by atoms with van der Waals surface area (Å²) in [5.74, 6) is -0.481. The van der Waals surface area contributed by atoms with Crippen LogP contribution in [0, 0.1) is 17.0 Å². The van der Waals surface area contributed by atoms with Gasteiger partial charge >= 0.3 is 29.6 Å². The van der Waals surface area contributed by atoms with Crippen LogP contribution < -0.4 is 35.1 Å². The average molecular weight is 441 g/mol. The van der Waals surface area contributed by atoms with E-state index in [2.05, 4.69) is 15.3 Å². The summed E-state index contributed by atoms with van der Waals surface area (Å²) in [6, 6.07) is 7.88. The first kappa shape index (κ1) is 23.4. The summed E-state index contributed by atoms with van der Waals surface area (Å²) >= 11 is 0. The maximum atomic E-state index is 12.6. The Morgan fingerprint density at radius 1 is 1.13 bits per heavy atom. The van der Waals surface area contributed by atoms with E-state index in [1.165, 1.54) is 18.2 Å². The molecule has 0 radical (unpaired) electrons. The molecule has 3 rings (SSSR count). The molecule has 1 aromatic heterocycles. The Kier molecular flexibility index (Phi) is 6.95. The third kappa shape index (κ3) is 4.83. The number of phenols is 1. The van der Waals surface area contributed by atoms with Crippen molar-refractivity contribution in [3.05, 3.63) is 68.6 Å². The fourth-order valence-corrected chi connectivity index (χ4v) is 2.88. The average Bonchev–Trinajstić information content (AvgIpc) is 2.94. The van der Waals surface area contributed by atoms with E-state index in [-0.39, 0.29) is 52.3 Å². The van der Waals surface area contributed by atoms with Gasteiger partial charge in [0.25, 0.3) is 11.2 Å². The van der Waals surface area contributed by atoms with Crippen LogP contribution in [0.2, 0.25) is 0 Å². The van der Waals surface area contributed by atoms with Crippen LogP contribution in [0.25, 0.3) is 5.69 Å². The molecule has 0 bridgehead atoms. The SMILES string of the molecule is Cc1[nH]n(-c2ccc(S(=O)(=O)[O-])cc2)c(=O)c1N=Nc1ccc([N+](=O)[O-])cc1O.[Na+]. The van der Waals surface area contributed by atoms with Gasteiger partial charge in [0.15, 0.2) is 5.69 Å². The Hall–Kier alpha value is -2.84. The van der Waals surface area contributed by atoms with Gasteiger partial charge in [0, 0.05) is 6.07 Å². The van der Waals surface area contributed by atoms with Gasteiger partial charge in [0.2, 0.25) is 0 Å². The summed E-state index contributed by atoms with van der Waals surface area (Å²) in [4.78, 5) is 22.1. The number of phenolic OH excluding ortho intramolecular Hbond substituents is 1. The summed E-state index contributed by atoms with van der Waals surface area (Å²) in [6.45, 7) is 1.54. The van der Waals surface area contributed by atoms with E-state index in [1.54, 1.807) is 6.92 Å². The minimum atomic E-state index is -4.61.